The topological polar surface area (TPSA) is 117 Å². The summed E-state index contributed by atoms with van der Waals surface area (Å²) >= 11 is 0. The number of piperidine rings is 1. The summed E-state index contributed by atoms with van der Waals surface area (Å²) in [4.78, 5) is 14.8. The normalized spacial score (nSPS) is 27.8. The Balaban J connectivity index is 1.35. The van der Waals surface area contributed by atoms with Crippen molar-refractivity contribution < 1.29 is 19.2 Å². The van der Waals surface area contributed by atoms with Crippen molar-refractivity contribution in [3.8, 4) is 0 Å². The Morgan fingerprint density at radius 3 is 2.86 bits per heavy atom. The van der Waals surface area contributed by atoms with Crippen LogP contribution in [0, 0.1) is 6.92 Å². The highest BCUT2D eigenvalue weighted by molar-refractivity contribution is 5.95. The molecule has 0 radical (unpaired) electrons. The number of amides is 1. The average molecular weight is 389 g/mol. The van der Waals surface area contributed by atoms with Crippen LogP contribution in [-0.4, -0.2) is 68.2 Å². The zero-order chi connectivity index (χ0) is 19.8. The monoisotopic (exact) mass is 389 g/mol. The van der Waals surface area contributed by atoms with Crippen molar-refractivity contribution in [2.75, 3.05) is 19.7 Å². The first-order chi connectivity index (χ1) is 13.4. The van der Waals surface area contributed by atoms with Crippen LogP contribution in [0.3, 0.4) is 0 Å². The largest absolute Gasteiger partial charge is 0.388 e. The Morgan fingerprint density at radius 1 is 1.46 bits per heavy atom. The number of carbonyl (C=O) groups is 1. The van der Waals surface area contributed by atoms with E-state index >= 15 is 0 Å². The SMILES string of the molecule is Cc1oncc1C(=O)N[C@H]1COC2(CCN(Cc3ccn[nH]3)CC2)C[C@]1(C)O. The lowest BCUT2D eigenvalue weighted by Crippen LogP contribution is -2.63. The van der Waals surface area contributed by atoms with Gasteiger partial charge in [-0.05, 0) is 32.8 Å². The molecule has 1 amide bonds. The standard InChI is InChI=1S/C19H27N5O4/c1-13-15(9-21-28-13)17(25)22-16-11-27-19(12-18(16,2)26)4-7-24(8-5-19)10-14-3-6-20-23-14/h3,6,9,16,26H,4-5,7-8,10-12H2,1-2H3,(H,20,23)(H,22,25)/t16-,18-/m0/s1. The molecule has 1 spiro atoms. The molecule has 152 valence electrons. The van der Waals surface area contributed by atoms with Crippen LogP contribution in [-0.2, 0) is 11.3 Å². The molecular weight excluding hydrogens is 362 g/mol. The van der Waals surface area contributed by atoms with Crippen molar-refractivity contribution in [2.24, 2.45) is 0 Å². The average Bonchev–Trinajstić information content (AvgIpc) is 3.31. The third-order valence-corrected chi connectivity index (χ3v) is 6.01. The third-order valence-electron chi connectivity index (χ3n) is 6.01. The number of aliphatic hydroxyl groups is 1. The molecular formula is C19H27N5O4. The number of rotatable bonds is 4. The molecule has 0 unspecified atom stereocenters. The number of hydrogen-bond acceptors (Lipinski definition) is 7. The van der Waals surface area contributed by atoms with Gasteiger partial charge in [-0.15, -0.1) is 0 Å². The van der Waals surface area contributed by atoms with Crippen molar-refractivity contribution in [3.63, 3.8) is 0 Å². The smallest absolute Gasteiger partial charge is 0.256 e. The molecule has 4 rings (SSSR count). The van der Waals surface area contributed by atoms with E-state index in [1.165, 1.54) is 6.20 Å². The number of H-pyrrole nitrogens is 1. The second-order valence-corrected chi connectivity index (χ2v) is 8.21. The molecule has 2 aliphatic rings. The number of nitrogens with one attached hydrogen (secondary N) is 2. The van der Waals surface area contributed by atoms with Crippen molar-refractivity contribution in [2.45, 2.75) is 56.9 Å². The molecule has 9 nitrogen and oxygen atoms in total. The van der Waals surface area contributed by atoms with Crippen molar-refractivity contribution >= 4 is 5.91 Å². The quantitative estimate of drug-likeness (QED) is 0.714. The van der Waals surface area contributed by atoms with E-state index in [2.05, 4.69) is 25.6 Å². The van der Waals surface area contributed by atoms with Crippen LogP contribution in [0.1, 0.15) is 48.0 Å². The maximum absolute atomic E-state index is 12.5. The van der Waals surface area contributed by atoms with Gasteiger partial charge in [0.15, 0.2) is 0 Å². The summed E-state index contributed by atoms with van der Waals surface area (Å²) in [7, 11) is 0. The molecule has 0 saturated carbocycles. The summed E-state index contributed by atoms with van der Waals surface area (Å²) in [5, 5.41) is 24.6. The van der Waals surface area contributed by atoms with Gasteiger partial charge in [0.1, 0.15) is 11.3 Å². The summed E-state index contributed by atoms with van der Waals surface area (Å²) < 4.78 is 11.2. The number of nitrogens with zero attached hydrogens (tertiary/aromatic N) is 3. The number of ether oxygens (including phenoxy) is 1. The molecule has 2 fully saturated rings. The molecule has 2 atom stereocenters. The van der Waals surface area contributed by atoms with Gasteiger partial charge in [-0.3, -0.25) is 14.8 Å². The number of aryl methyl sites for hydroxylation is 1. The summed E-state index contributed by atoms with van der Waals surface area (Å²) in [5.41, 5.74) is 0.0786. The maximum atomic E-state index is 12.5. The van der Waals surface area contributed by atoms with Gasteiger partial charge in [0, 0.05) is 37.9 Å². The van der Waals surface area contributed by atoms with Crippen molar-refractivity contribution in [1.29, 1.82) is 0 Å². The Kier molecular flexibility index (Phi) is 4.98. The van der Waals surface area contributed by atoms with Gasteiger partial charge in [0.25, 0.3) is 5.91 Å². The Bertz CT molecular complexity index is 808. The maximum Gasteiger partial charge on any atom is 0.256 e. The first-order valence-corrected chi connectivity index (χ1v) is 9.66. The van der Waals surface area contributed by atoms with Gasteiger partial charge < -0.3 is 19.7 Å². The van der Waals surface area contributed by atoms with Crippen LogP contribution in [0.15, 0.2) is 23.0 Å². The zero-order valence-corrected chi connectivity index (χ0v) is 16.3. The molecule has 28 heavy (non-hydrogen) atoms. The minimum absolute atomic E-state index is 0.281. The fourth-order valence-electron chi connectivity index (χ4n) is 4.27. The fraction of sp³-hybridized carbons (Fsp3) is 0.632. The van der Waals surface area contributed by atoms with Crippen LogP contribution in [0.4, 0.5) is 0 Å². The molecule has 0 bridgehead atoms. The minimum Gasteiger partial charge on any atom is -0.388 e. The first-order valence-electron chi connectivity index (χ1n) is 9.66. The highest BCUT2D eigenvalue weighted by atomic mass is 16.5. The van der Waals surface area contributed by atoms with Gasteiger partial charge in [0.05, 0.1) is 30.0 Å². The predicted molar refractivity (Wildman–Crippen MR) is 99.5 cm³/mol. The summed E-state index contributed by atoms with van der Waals surface area (Å²) in [6, 6.07) is 1.50. The lowest BCUT2D eigenvalue weighted by molar-refractivity contribution is -0.186. The summed E-state index contributed by atoms with van der Waals surface area (Å²) in [6.45, 7) is 6.37. The lowest BCUT2D eigenvalue weighted by atomic mass is 9.75. The number of likely N-dealkylation sites (tertiary alicyclic amines) is 1. The summed E-state index contributed by atoms with van der Waals surface area (Å²) in [6.07, 6.45) is 5.34. The minimum atomic E-state index is -1.05. The van der Waals surface area contributed by atoms with Gasteiger partial charge in [-0.1, -0.05) is 5.16 Å². The molecule has 4 heterocycles. The zero-order valence-electron chi connectivity index (χ0n) is 16.3. The summed E-state index contributed by atoms with van der Waals surface area (Å²) in [5.74, 6) is 0.146. The van der Waals surface area contributed by atoms with Gasteiger partial charge in [-0.2, -0.15) is 5.10 Å². The second-order valence-electron chi connectivity index (χ2n) is 8.21. The molecule has 0 aliphatic carbocycles. The van der Waals surface area contributed by atoms with Gasteiger partial charge in [-0.25, -0.2) is 0 Å². The van der Waals surface area contributed by atoms with Gasteiger partial charge >= 0.3 is 0 Å². The van der Waals surface area contributed by atoms with E-state index in [4.69, 9.17) is 9.26 Å². The second kappa shape index (κ2) is 7.31. The lowest BCUT2D eigenvalue weighted by Gasteiger charge is -2.51. The van der Waals surface area contributed by atoms with E-state index in [9.17, 15) is 9.90 Å². The Morgan fingerprint density at radius 2 is 2.25 bits per heavy atom. The van der Waals surface area contributed by atoms with Crippen LogP contribution >= 0.6 is 0 Å². The molecule has 2 aromatic rings. The van der Waals surface area contributed by atoms with Crippen LogP contribution < -0.4 is 5.32 Å². The van der Waals surface area contributed by atoms with E-state index in [1.807, 2.05) is 6.07 Å². The fourth-order valence-corrected chi connectivity index (χ4v) is 4.27. The molecule has 3 N–H and O–H groups in total. The molecule has 0 aromatic carbocycles. The Labute approximate surface area is 163 Å². The molecule has 2 aliphatic heterocycles. The molecule has 2 saturated heterocycles. The predicted octanol–water partition coefficient (Wildman–Crippen LogP) is 1.01. The van der Waals surface area contributed by atoms with Gasteiger partial charge in [0.2, 0.25) is 0 Å². The number of hydrogen-bond donors (Lipinski definition) is 3. The number of aromatic amines is 1. The van der Waals surface area contributed by atoms with E-state index in [0.717, 1.165) is 38.2 Å². The van der Waals surface area contributed by atoms with E-state index in [1.54, 1.807) is 20.0 Å². The van der Waals surface area contributed by atoms with Crippen molar-refractivity contribution in [1.82, 2.24) is 25.6 Å². The van der Waals surface area contributed by atoms with Crippen LogP contribution in [0.5, 0.6) is 0 Å². The number of aromatic nitrogens is 3. The third kappa shape index (κ3) is 3.82. The molecule has 2 aromatic heterocycles. The van der Waals surface area contributed by atoms with E-state index < -0.39 is 11.6 Å². The highest BCUT2D eigenvalue weighted by Crippen LogP contribution is 2.39. The van der Waals surface area contributed by atoms with E-state index in [0.29, 0.717) is 17.7 Å². The molecule has 9 heteroatoms. The van der Waals surface area contributed by atoms with Crippen LogP contribution in [0.25, 0.3) is 0 Å². The highest BCUT2D eigenvalue weighted by Gasteiger charge is 2.49. The van der Waals surface area contributed by atoms with Crippen LogP contribution in [0.2, 0.25) is 0 Å². The first kappa shape index (κ1) is 19.1. The van der Waals surface area contributed by atoms with E-state index in [-0.39, 0.29) is 18.1 Å². The Hall–Kier alpha value is -2.23. The van der Waals surface area contributed by atoms with Crippen molar-refractivity contribution in [3.05, 3.63) is 35.5 Å². The number of carbonyl (C=O) groups excluding carboxylic acids is 1.